The summed E-state index contributed by atoms with van der Waals surface area (Å²) in [6, 6.07) is 6.26. The van der Waals surface area contributed by atoms with Gasteiger partial charge < -0.3 is 4.74 Å². The van der Waals surface area contributed by atoms with E-state index in [1.54, 1.807) is 12.1 Å². The third-order valence-corrected chi connectivity index (χ3v) is 5.79. The maximum absolute atomic E-state index is 12.2. The Balaban J connectivity index is 1.76. The van der Waals surface area contributed by atoms with E-state index in [4.69, 9.17) is 0 Å². The molecule has 1 saturated carbocycles. The Morgan fingerprint density at radius 1 is 1.00 bits per heavy atom. The lowest BCUT2D eigenvalue weighted by atomic mass is 9.81. The Hall–Kier alpha value is -1.71. The van der Waals surface area contributed by atoms with E-state index in [1.807, 2.05) is 0 Å². The predicted molar refractivity (Wildman–Crippen MR) is 114 cm³/mol. The molecule has 0 aromatic heterocycles. The molecule has 1 aromatic carbocycles. The van der Waals surface area contributed by atoms with Gasteiger partial charge in [0, 0.05) is 0 Å². The number of aryl methyl sites for hydroxylation is 1. The highest BCUT2D eigenvalue weighted by atomic mass is 19.4. The van der Waals surface area contributed by atoms with Crippen LogP contribution >= 0.6 is 0 Å². The Morgan fingerprint density at radius 2 is 1.62 bits per heavy atom. The smallest absolute Gasteiger partial charge is 0.406 e. The molecule has 0 heterocycles. The van der Waals surface area contributed by atoms with Gasteiger partial charge in [-0.05, 0) is 93.7 Å². The van der Waals surface area contributed by atoms with E-state index in [0.717, 1.165) is 36.7 Å². The molecular formula is C25H35F3O. The molecule has 0 N–H and O–H groups in total. The highest BCUT2D eigenvalue weighted by Gasteiger charge is 2.30. The van der Waals surface area contributed by atoms with Crippen molar-refractivity contribution in [3.8, 4) is 5.75 Å². The summed E-state index contributed by atoms with van der Waals surface area (Å²) in [5, 5.41) is 0. The van der Waals surface area contributed by atoms with E-state index in [9.17, 15) is 13.2 Å². The molecule has 0 amide bonds. The summed E-state index contributed by atoms with van der Waals surface area (Å²) in [7, 11) is 0. The molecule has 0 radical (unpaired) electrons. The quantitative estimate of drug-likeness (QED) is 0.354. The monoisotopic (exact) mass is 408 g/mol. The molecule has 0 saturated heterocycles. The number of ether oxygens (including phenoxy) is 1. The third kappa shape index (κ3) is 9.56. The third-order valence-electron chi connectivity index (χ3n) is 5.79. The highest BCUT2D eigenvalue weighted by molar-refractivity contribution is 5.27. The molecule has 162 valence electrons. The first-order chi connectivity index (χ1) is 13.9. The van der Waals surface area contributed by atoms with Crippen LogP contribution in [0.4, 0.5) is 13.2 Å². The van der Waals surface area contributed by atoms with E-state index in [0.29, 0.717) is 5.92 Å². The van der Waals surface area contributed by atoms with E-state index in [1.165, 1.54) is 50.7 Å². The Morgan fingerprint density at radius 3 is 2.17 bits per heavy atom. The molecule has 0 bridgehead atoms. The molecule has 1 atom stereocenters. The average Bonchev–Trinajstić information content (AvgIpc) is 2.68. The normalized spacial score (nSPS) is 21.7. The van der Waals surface area contributed by atoms with Crippen molar-refractivity contribution in [1.29, 1.82) is 0 Å². The van der Waals surface area contributed by atoms with Crippen molar-refractivity contribution in [3.05, 3.63) is 54.1 Å². The van der Waals surface area contributed by atoms with Gasteiger partial charge in [-0.3, -0.25) is 0 Å². The van der Waals surface area contributed by atoms with Crippen LogP contribution in [0.15, 0.2) is 48.6 Å². The van der Waals surface area contributed by atoms with E-state index >= 15 is 0 Å². The van der Waals surface area contributed by atoms with Crippen molar-refractivity contribution >= 4 is 0 Å². The van der Waals surface area contributed by atoms with Crippen LogP contribution in [0.2, 0.25) is 0 Å². The van der Waals surface area contributed by atoms with Crippen molar-refractivity contribution in [2.24, 2.45) is 17.8 Å². The van der Waals surface area contributed by atoms with Crippen molar-refractivity contribution in [1.82, 2.24) is 0 Å². The van der Waals surface area contributed by atoms with Gasteiger partial charge >= 0.3 is 6.36 Å². The first kappa shape index (κ1) is 23.6. The van der Waals surface area contributed by atoms with Crippen molar-refractivity contribution in [2.45, 2.75) is 78.0 Å². The maximum Gasteiger partial charge on any atom is 0.573 e. The second-order valence-corrected chi connectivity index (χ2v) is 8.22. The summed E-state index contributed by atoms with van der Waals surface area (Å²) in [6.45, 7) is 4.33. The summed E-state index contributed by atoms with van der Waals surface area (Å²) >= 11 is 0. The minimum atomic E-state index is -4.63. The Bertz CT molecular complexity index is 622. The Kier molecular flexibility index (Phi) is 9.83. The van der Waals surface area contributed by atoms with Gasteiger partial charge in [-0.15, -0.1) is 13.2 Å². The standard InChI is InChI=1S/C25H35F3O/c1-3-6-20(10-13-23-14-11-21(7-4-2)12-15-23)8-5-9-22-16-18-24(19-17-22)29-25(26,27)28/h4,7,10,13,16-21,23H,3,5-6,8-9,11-12,14-15H2,1-2H3/b7-4+,13-10+. The number of rotatable bonds is 10. The molecule has 1 aliphatic rings. The topological polar surface area (TPSA) is 9.23 Å². The molecule has 2 rings (SSSR count). The van der Waals surface area contributed by atoms with Crippen LogP contribution < -0.4 is 4.74 Å². The molecule has 29 heavy (non-hydrogen) atoms. The predicted octanol–water partition coefficient (Wildman–Crippen LogP) is 8.26. The van der Waals surface area contributed by atoms with Gasteiger partial charge in [0.05, 0.1) is 0 Å². The first-order valence-corrected chi connectivity index (χ1v) is 11.1. The highest BCUT2D eigenvalue weighted by Crippen LogP contribution is 2.31. The van der Waals surface area contributed by atoms with Crippen LogP contribution in [-0.2, 0) is 6.42 Å². The fourth-order valence-corrected chi connectivity index (χ4v) is 4.25. The maximum atomic E-state index is 12.2. The summed E-state index contributed by atoms with van der Waals surface area (Å²) in [4.78, 5) is 0. The zero-order valence-electron chi connectivity index (χ0n) is 17.8. The number of halogens is 3. The van der Waals surface area contributed by atoms with Gasteiger partial charge in [-0.2, -0.15) is 0 Å². The van der Waals surface area contributed by atoms with Crippen molar-refractivity contribution in [2.75, 3.05) is 0 Å². The lowest BCUT2D eigenvalue weighted by molar-refractivity contribution is -0.274. The second kappa shape index (κ2) is 12.1. The van der Waals surface area contributed by atoms with Gasteiger partial charge in [0.2, 0.25) is 0 Å². The van der Waals surface area contributed by atoms with Crippen molar-refractivity contribution in [3.63, 3.8) is 0 Å². The molecule has 0 aliphatic heterocycles. The number of hydrogen-bond acceptors (Lipinski definition) is 1. The van der Waals surface area contributed by atoms with Crippen molar-refractivity contribution < 1.29 is 17.9 Å². The molecule has 0 spiro atoms. The zero-order chi connectivity index (χ0) is 21.1. The SMILES string of the molecule is C/C=C/C1CCC(/C=C/C(CCC)CCCc2ccc(OC(F)(F)F)cc2)CC1. The lowest BCUT2D eigenvalue weighted by Crippen LogP contribution is -2.17. The van der Waals surface area contributed by atoms with Gasteiger partial charge in [0.25, 0.3) is 0 Å². The molecule has 1 aromatic rings. The molecule has 1 nitrogen and oxygen atoms in total. The fraction of sp³-hybridized carbons (Fsp3) is 0.600. The van der Waals surface area contributed by atoms with Crippen LogP contribution in [0, 0.1) is 17.8 Å². The largest absolute Gasteiger partial charge is 0.573 e. The lowest BCUT2D eigenvalue weighted by Gasteiger charge is -2.25. The summed E-state index contributed by atoms with van der Waals surface area (Å²) in [5.41, 5.74) is 1.06. The van der Waals surface area contributed by atoms with Gasteiger partial charge in [-0.25, -0.2) is 0 Å². The van der Waals surface area contributed by atoms with Crippen LogP contribution in [0.3, 0.4) is 0 Å². The summed E-state index contributed by atoms with van der Waals surface area (Å²) in [5.74, 6) is 1.93. The molecule has 4 heteroatoms. The molecule has 1 aliphatic carbocycles. The van der Waals surface area contributed by atoms with Gasteiger partial charge in [0.15, 0.2) is 0 Å². The van der Waals surface area contributed by atoms with Gasteiger partial charge in [-0.1, -0.05) is 49.8 Å². The van der Waals surface area contributed by atoms with Crippen LogP contribution in [0.1, 0.15) is 70.8 Å². The number of hydrogen-bond donors (Lipinski definition) is 0. The van der Waals surface area contributed by atoms with E-state index < -0.39 is 6.36 Å². The summed E-state index contributed by atoms with van der Waals surface area (Å²) < 4.78 is 40.6. The minimum Gasteiger partial charge on any atom is -0.406 e. The van der Waals surface area contributed by atoms with Crippen LogP contribution in [-0.4, -0.2) is 6.36 Å². The van der Waals surface area contributed by atoms with E-state index in [-0.39, 0.29) is 5.75 Å². The number of benzene rings is 1. The number of allylic oxidation sites excluding steroid dienone is 4. The second-order valence-electron chi connectivity index (χ2n) is 8.22. The van der Waals surface area contributed by atoms with Gasteiger partial charge in [0.1, 0.15) is 5.75 Å². The zero-order valence-corrected chi connectivity index (χ0v) is 17.8. The summed E-state index contributed by atoms with van der Waals surface area (Å²) in [6.07, 6.45) is 15.4. The van der Waals surface area contributed by atoms with E-state index in [2.05, 4.69) is 42.9 Å². The average molecular weight is 409 g/mol. The Labute approximate surface area is 174 Å². The molecular weight excluding hydrogens is 373 g/mol. The fourth-order valence-electron chi connectivity index (χ4n) is 4.25. The number of alkyl halides is 3. The van der Waals surface area contributed by atoms with Crippen LogP contribution in [0.25, 0.3) is 0 Å². The molecule has 1 fully saturated rings. The minimum absolute atomic E-state index is 0.155. The van der Waals surface area contributed by atoms with Crippen LogP contribution in [0.5, 0.6) is 5.75 Å². The molecule has 1 unspecified atom stereocenters. The first-order valence-electron chi connectivity index (χ1n) is 11.1.